The van der Waals surface area contributed by atoms with E-state index in [2.05, 4.69) is 4.74 Å². The molecular formula is C7H14O5S. The molecule has 0 saturated heterocycles. The molecule has 1 N–H and O–H groups in total. The molecule has 0 radical (unpaired) electrons. The van der Waals surface area contributed by atoms with Gasteiger partial charge >= 0.3 is 5.97 Å². The summed E-state index contributed by atoms with van der Waals surface area (Å²) in [4.78, 5) is 11.0. The van der Waals surface area contributed by atoms with Crippen LogP contribution in [0.3, 0.4) is 0 Å². The van der Waals surface area contributed by atoms with Crippen LogP contribution in [-0.4, -0.2) is 31.3 Å². The van der Waals surface area contributed by atoms with Crippen LogP contribution in [0, 0.1) is 5.92 Å². The predicted molar refractivity (Wildman–Crippen MR) is 46.8 cm³/mol. The topological polar surface area (TPSA) is 80.7 Å². The predicted octanol–water partition coefficient (Wildman–Crippen LogP) is 0.463. The van der Waals surface area contributed by atoms with Gasteiger partial charge in [0, 0.05) is 0 Å². The number of rotatable bonds is 5. The first-order valence-corrected chi connectivity index (χ1v) is 5.59. The zero-order chi connectivity index (χ0) is 10.5. The highest BCUT2D eigenvalue weighted by Crippen LogP contribution is 2.02. The molecule has 0 aromatic heterocycles. The molecule has 1 unspecified atom stereocenters. The fourth-order valence-electron chi connectivity index (χ4n) is 0.556. The van der Waals surface area contributed by atoms with Gasteiger partial charge in [0.15, 0.2) is 0 Å². The van der Waals surface area contributed by atoms with Gasteiger partial charge in [0.25, 0.3) is 10.1 Å². The minimum atomic E-state index is -4.03. The Bertz CT molecular complexity index is 256. The monoisotopic (exact) mass is 210 g/mol. The van der Waals surface area contributed by atoms with Gasteiger partial charge in [-0.1, -0.05) is 13.8 Å². The molecule has 0 aliphatic carbocycles. The highest BCUT2D eigenvalue weighted by molar-refractivity contribution is 7.85. The third-order valence-electron chi connectivity index (χ3n) is 1.60. The molecule has 0 bridgehead atoms. The normalized spacial score (nSPS) is 13.8. The Morgan fingerprint density at radius 2 is 2.08 bits per heavy atom. The Labute approximate surface area is 77.8 Å². The Morgan fingerprint density at radius 1 is 1.54 bits per heavy atom. The van der Waals surface area contributed by atoms with Gasteiger partial charge in [-0.15, -0.1) is 0 Å². The van der Waals surface area contributed by atoms with Crippen LogP contribution >= 0.6 is 0 Å². The third kappa shape index (κ3) is 6.53. The smallest absolute Gasteiger partial charge is 0.308 e. The molecule has 5 nitrogen and oxygen atoms in total. The van der Waals surface area contributed by atoms with E-state index in [1.807, 2.05) is 6.92 Å². The maximum atomic E-state index is 11.0. The molecule has 0 heterocycles. The minimum absolute atomic E-state index is 0.235. The average molecular weight is 210 g/mol. The van der Waals surface area contributed by atoms with Crippen LogP contribution in [0.5, 0.6) is 0 Å². The van der Waals surface area contributed by atoms with Crippen LogP contribution in [0.4, 0.5) is 0 Å². The quantitative estimate of drug-likeness (QED) is 0.526. The van der Waals surface area contributed by atoms with Gasteiger partial charge in [0.1, 0.15) is 12.4 Å². The molecule has 78 valence electrons. The van der Waals surface area contributed by atoms with Crippen molar-refractivity contribution in [3.05, 3.63) is 0 Å². The summed E-state index contributed by atoms with van der Waals surface area (Å²) in [5, 5.41) is 0. The van der Waals surface area contributed by atoms with Gasteiger partial charge in [0.05, 0.1) is 5.92 Å². The van der Waals surface area contributed by atoms with E-state index in [9.17, 15) is 13.2 Å². The molecule has 0 aliphatic heterocycles. The van der Waals surface area contributed by atoms with Crippen LogP contribution in [0.1, 0.15) is 20.3 Å². The summed E-state index contributed by atoms with van der Waals surface area (Å²) < 4.78 is 33.3. The van der Waals surface area contributed by atoms with Crippen molar-refractivity contribution >= 4 is 16.1 Å². The minimum Gasteiger partial charge on any atom is -0.464 e. The lowest BCUT2D eigenvalue weighted by molar-refractivity contribution is -0.147. The number of hydrogen-bond acceptors (Lipinski definition) is 4. The van der Waals surface area contributed by atoms with Crippen LogP contribution in [0.15, 0.2) is 0 Å². The first kappa shape index (κ1) is 12.4. The van der Waals surface area contributed by atoms with E-state index in [0.29, 0.717) is 6.42 Å². The lowest BCUT2D eigenvalue weighted by Crippen LogP contribution is -2.18. The zero-order valence-corrected chi connectivity index (χ0v) is 8.50. The summed E-state index contributed by atoms with van der Waals surface area (Å²) in [5.74, 6) is -1.22. The number of ether oxygens (including phenoxy) is 1. The Kier molecular flexibility index (Phi) is 4.94. The highest BCUT2D eigenvalue weighted by atomic mass is 32.2. The first-order chi connectivity index (χ1) is 5.87. The lowest BCUT2D eigenvalue weighted by atomic mass is 10.1. The number of esters is 1. The SMILES string of the molecule is CCC(C)C(=O)OCCS(=O)(=O)O. The van der Waals surface area contributed by atoms with Crippen molar-refractivity contribution in [3.8, 4) is 0 Å². The van der Waals surface area contributed by atoms with Gasteiger partial charge in [-0.25, -0.2) is 0 Å². The van der Waals surface area contributed by atoms with E-state index < -0.39 is 21.8 Å². The Balaban J connectivity index is 3.72. The van der Waals surface area contributed by atoms with E-state index in [1.54, 1.807) is 6.92 Å². The molecular weight excluding hydrogens is 196 g/mol. The fraction of sp³-hybridized carbons (Fsp3) is 0.857. The van der Waals surface area contributed by atoms with E-state index in [1.165, 1.54) is 0 Å². The van der Waals surface area contributed by atoms with Crippen molar-refractivity contribution in [2.75, 3.05) is 12.4 Å². The molecule has 0 aliphatic rings. The molecule has 0 saturated carbocycles. The summed E-state index contributed by atoms with van der Waals surface area (Å²) in [6.07, 6.45) is 0.644. The molecule has 0 aromatic rings. The summed E-state index contributed by atoms with van der Waals surface area (Å²) in [6, 6.07) is 0. The summed E-state index contributed by atoms with van der Waals surface area (Å²) in [7, 11) is -4.03. The van der Waals surface area contributed by atoms with E-state index in [4.69, 9.17) is 4.55 Å². The Hall–Kier alpha value is -0.620. The second kappa shape index (κ2) is 5.18. The van der Waals surface area contributed by atoms with Crippen molar-refractivity contribution < 1.29 is 22.5 Å². The van der Waals surface area contributed by atoms with Crippen molar-refractivity contribution in [3.63, 3.8) is 0 Å². The summed E-state index contributed by atoms with van der Waals surface area (Å²) in [5.41, 5.74) is 0. The summed E-state index contributed by atoms with van der Waals surface area (Å²) in [6.45, 7) is 3.23. The molecule has 0 aromatic carbocycles. The second-order valence-electron chi connectivity index (χ2n) is 2.76. The van der Waals surface area contributed by atoms with E-state index >= 15 is 0 Å². The fourth-order valence-corrected chi connectivity index (χ4v) is 0.850. The van der Waals surface area contributed by atoms with Gasteiger partial charge in [-0.3, -0.25) is 9.35 Å². The van der Waals surface area contributed by atoms with Crippen molar-refractivity contribution in [1.82, 2.24) is 0 Å². The van der Waals surface area contributed by atoms with E-state index in [0.717, 1.165) is 0 Å². The van der Waals surface area contributed by atoms with Crippen LogP contribution < -0.4 is 0 Å². The van der Waals surface area contributed by atoms with Crippen molar-refractivity contribution in [2.24, 2.45) is 5.92 Å². The number of hydrogen-bond donors (Lipinski definition) is 1. The van der Waals surface area contributed by atoms with Crippen LogP contribution in [0.25, 0.3) is 0 Å². The highest BCUT2D eigenvalue weighted by Gasteiger charge is 2.13. The Morgan fingerprint density at radius 3 is 2.46 bits per heavy atom. The number of carbonyl (C=O) groups is 1. The van der Waals surface area contributed by atoms with Crippen molar-refractivity contribution in [2.45, 2.75) is 20.3 Å². The summed E-state index contributed by atoms with van der Waals surface area (Å²) >= 11 is 0. The molecule has 1 atom stereocenters. The molecule has 6 heteroatoms. The maximum Gasteiger partial charge on any atom is 0.308 e. The van der Waals surface area contributed by atoms with Gasteiger partial charge in [-0.05, 0) is 6.42 Å². The molecule has 0 fully saturated rings. The van der Waals surface area contributed by atoms with Crippen molar-refractivity contribution in [1.29, 1.82) is 0 Å². The molecule has 13 heavy (non-hydrogen) atoms. The average Bonchev–Trinajstić information content (AvgIpc) is 2.00. The maximum absolute atomic E-state index is 11.0. The lowest BCUT2D eigenvalue weighted by Gasteiger charge is -2.07. The zero-order valence-electron chi connectivity index (χ0n) is 7.69. The largest absolute Gasteiger partial charge is 0.464 e. The second-order valence-corrected chi connectivity index (χ2v) is 4.33. The van der Waals surface area contributed by atoms with Crippen LogP contribution in [0.2, 0.25) is 0 Å². The molecule has 0 rings (SSSR count). The van der Waals surface area contributed by atoms with Crippen LogP contribution in [-0.2, 0) is 19.6 Å². The van der Waals surface area contributed by atoms with E-state index in [-0.39, 0.29) is 12.5 Å². The van der Waals surface area contributed by atoms with Gasteiger partial charge in [0.2, 0.25) is 0 Å². The number of carbonyl (C=O) groups excluding carboxylic acids is 1. The molecule has 0 amide bonds. The van der Waals surface area contributed by atoms with Gasteiger partial charge in [-0.2, -0.15) is 8.42 Å². The first-order valence-electron chi connectivity index (χ1n) is 3.98. The molecule has 0 spiro atoms. The standard InChI is InChI=1S/C7H14O5S/c1-3-6(2)7(8)12-4-5-13(9,10)11/h6H,3-5H2,1-2H3,(H,9,10,11). The third-order valence-corrected chi connectivity index (χ3v) is 2.28. The van der Waals surface area contributed by atoms with Gasteiger partial charge < -0.3 is 4.74 Å².